The van der Waals surface area contributed by atoms with Gasteiger partial charge in [0.05, 0.1) is 17.0 Å². The Morgan fingerprint density at radius 1 is 1.10 bits per heavy atom. The molecule has 4 atom stereocenters. The van der Waals surface area contributed by atoms with Gasteiger partial charge in [0.15, 0.2) is 15.7 Å². The number of hydrogen-bond acceptors (Lipinski definition) is 7. The van der Waals surface area contributed by atoms with E-state index in [0.29, 0.717) is 5.56 Å². The summed E-state index contributed by atoms with van der Waals surface area (Å²) < 4.78 is 67.0. The van der Waals surface area contributed by atoms with Crippen LogP contribution < -0.4 is 61.8 Å². The van der Waals surface area contributed by atoms with Crippen molar-refractivity contribution < 1.29 is 82.5 Å². The maximum atomic E-state index is 13.9. The van der Waals surface area contributed by atoms with E-state index in [1.165, 1.54) is 30.3 Å². The average molecular weight is 598 g/mol. The number of benzene rings is 2. The number of amidine groups is 1. The van der Waals surface area contributed by atoms with Crippen LogP contribution in [0.2, 0.25) is 0 Å². The first-order valence-electron chi connectivity index (χ1n) is 12.3. The molecule has 1 N–H and O–H groups in total. The second-order valence-electron chi connectivity index (χ2n) is 10.6. The number of nitrogens with one attached hydrogen (secondary N) is 1. The summed E-state index contributed by atoms with van der Waals surface area (Å²) in [5.41, 5.74) is 0.795. The van der Waals surface area contributed by atoms with Crippen LogP contribution in [-0.4, -0.2) is 45.8 Å². The number of hydrogen-bond donors (Lipinski definition) is 1. The van der Waals surface area contributed by atoms with Gasteiger partial charge in [-0.2, -0.15) is 8.42 Å². The van der Waals surface area contributed by atoms with Gasteiger partial charge in [-0.05, 0) is 72.4 Å². The molecule has 2 aliphatic carbocycles. The zero-order valence-electron chi connectivity index (χ0n) is 21.4. The van der Waals surface area contributed by atoms with Crippen molar-refractivity contribution in [2.75, 3.05) is 11.6 Å². The van der Waals surface area contributed by atoms with Gasteiger partial charge in [0.1, 0.15) is 10.7 Å². The smallest absolute Gasteiger partial charge is 0.875 e. The van der Waals surface area contributed by atoms with E-state index in [4.69, 9.17) is 0 Å². The van der Waals surface area contributed by atoms with Crippen LogP contribution in [0.3, 0.4) is 0 Å². The van der Waals surface area contributed by atoms with Crippen LogP contribution in [0.4, 0.5) is 10.1 Å². The van der Waals surface area contributed by atoms with Crippen molar-refractivity contribution in [3.8, 4) is 0 Å². The molecule has 13 heteroatoms. The zero-order chi connectivity index (χ0) is 27.0. The van der Waals surface area contributed by atoms with Gasteiger partial charge in [-0.25, -0.2) is 12.8 Å². The van der Waals surface area contributed by atoms with E-state index in [2.05, 4.69) is 9.71 Å². The molecule has 2 saturated carbocycles. The molecule has 0 saturated heterocycles. The Kier molecular flexibility index (Phi) is 7.66. The van der Waals surface area contributed by atoms with Crippen molar-refractivity contribution in [3.63, 3.8) is 0 Å². The van der Waals surface area contributed by atoms with Crippen LogP contribution in [-0.2, 0) is 37.0 Å². The average Bonchev–Trinajstić information content (AvgIpc) is 3.45. The SMILES string of the molecule is CS(=O)(=O)Cc1ccc2c(c1)S(=O)(=O)N=C(C1=C([O-])C3C([C@@H]4CC[C@H]3C4)N(Cc3ccc(F)cc3)C1=O)N2.[K+]. The van der Waals surface area contributed by atoms with Crippen molar-refractivity contribution in [2.24, 2.45) is 22.2 Å². The van der Waals surface area contributed by atoms with Crippen LogP contribution in [0.25, 0.3) is 0 Å². The summed E-state index contributed by atoms with van der Waals surface area (Å²) in [6, 6.07) is 9.64. The van der Waals surface area contributed by atoms with Gasteiger partial charge in [0, 0.05) is 18.8 Å². The fourth-order valence-electron chi connectivity index (χ4n) is 6.52. The second kappa shape index (κ2) is 10.3. The summed E-state index contributed by atoms with van der Waals surface area (Å²) in [7, 11) is -7.74. The molecule has 2 aliphatic heterocycles. The molecule has 2 heterocycles. The largest absolute Gasteiger partial charge is 1.00 e. The number of halogens is 1. The van der Waals surface area contributed by atoms with E-state index in [1.54, 1.807) is 17.0 Å². The Bertz CT molecular complexity index is 1640. The van der Waals surface area contributed by atoms with Crippen molar-refractivity contribution >= 4 is 37.3 Å². The maximum Gasteiger partial charge on any atom is 1.00 e. The molecule has 0 spiro atoms. The molecule has 0 aromatic heterocycles. The van der Waals surface area contributed by atoms with Crippen LogP contribution in [0, 0.1) is 23.6 Å². The standard InChI is InChI=1S/C26H26FN3O6S2.K/c1-37(33,34)13-15-4-9-19-20(10-15)38(35,36)29-25(28-19)22-24(31)21-16-5-6-17(11-16)23(21)30(26(22)32)12-14-2-7-18(27)8-3-14;/h2-4,7-10,16-17,21,23,31H,5-6,11-13H2,1H3,(H,28,29);/q;+1/p-1/t16-,17+,21?,23?;/m0./s1. The Hall–Kier alpha value is -1.61. The predicted octanol–water partition coefficient (Wildman–Crippen LogP) is -1.04. The topological polar surface area (TPSA) is 136 Å². The van der Waals surface area contributed by atoms with Crippen molar-refractivity contribution in [3.05, 3.63) is 70.7 Å². The number of amides is 1. The van der Waals surface area contributed by atoms with Crippen LogP contribution >= 0.6 is 0 Å². The molecule has 200 valence electrons. The number of rotatable bonds is 5. The summed E-state index contributed by atoms with van der Waals surface area (Å²) in [6.07, 6.45) is 3.66. The first-order valence-corrected chi connectivity index (χ1v) is 15.8. The summed E-state index contributed by atoms with van der Waals surface area (Å²) in [6.45, 7) is 0.158. The van der Waals surface area contributed by atoms with Gasteiger partial charge in [-0.1, -0.05) is 18.2 Å². The van der Waals surface area contributed by atoms with Gasteiger partial charge in [-0.3, -0.25) is 4.79 Å². The fourth-order valence-corrected chi connectivity index (χ4v) is 8.47. The van der Waals surface area contributed by atoms with Gasteiger partial charge in [0.2, 0.25) is 0 Å². The van der Waals surface area contributed by atoms with Gasteiger partial charge in [0.25, 0.3) is 15.9 Å². The fraction of sp³-hybridized carbons (Fsp3) is 0.385. The summed E-state index contributed by atoms with van der Waals surface area (Å²) >= 11 is 0. The van der Waals surface area contributed by atoms with Crippen molar-refractivity contribution in [1.29, 1.82) is 0 Å². The Balaban J connectivity index is 0.00000308. The molecule has 2 fully saturated rings. The Morgan fingerprint density at radius 2 is 1.77 bits per heavy atom. The number of sulfone groups is 1. The third-order valence-electron chi connectivity index (χ3n) is 7.98. The molecule has 1 amide bonds. The first kappa shape index (κ1) is 28.9. The molecule has 9 nitrogen and oxygen atoms in total. The zero-order valence-corrected chi connectivity index (χ0v) is 26.2. The Labute approximate surface area is 269 Å². The van der Waals surface area contributed by atoms with Gasteiger partial charge >= 0.3 is 51.4 Å². The second-order valence-corrected chi connectivity index (χ2v) is 14.3. The maximum absolute atomic E-state index is 13.9. The van der Waals surface area contributed by atoms with E-state index in [9.17, 15) is 31.1 Å². The molecule has 6 rings (SSSR count). The number of anilines is 1. The molecule has 2 unspecified atom stereocenters. The van der Waals surface area contributed by atoms with Crippen molar-refractivity contribution in [2.45, 2.75) is 42.5 Å². The summed E-state index contributed by atoms with van der Waals surface area (Å²) in [4.78, 5) is 15.3. The minimum Gasteiger partial charge on any atom is -0.875 e. The molecular formula is C26H25FKN3O6S2. The normalized spacial score (nSPS) is 26.9. The van der Waals surface area contributed by atoms with E-state index in [0.717, 1.165) is 25.5 Å². The van der Waals surface area contributed by atoms with Crippen LogP contribution in [0.1, 0.15) is 30.4 Å². The van der Waals surface area contributed by atoms with E-state index < -0.39 is 43.3 Å². The molecule has 2 aromatic carbocycles. The minimum absolute atomic E-state index is 0. The van der Waals surface area contributed by atoms with E-state index in [-0.39, 0.29) is 109 Å². The molecule has 2 bridgehead atoms. The first-order chi connectivity index (χ1) is 17.9. The molecule has 4 aliphatic rings. The van der Waals surface area contributed by atoms with Crippen molar-refractivity contribution in [1.82, 2.24) is 4.90 Å². The number of nitrogens with zero attached hydrogens (tertiary/aromatic N) is 2. The number of sulfonamides is 1. The van der Waals surface area contributed by atoms with Crippen LogP contribution in [0.15, 0.2) is 63.1 Å². The third kappa shape index (κ3) is 5.27. The van der Waals surface area contributed by atoms with Crippen LogP contribution in [0.5, 0.6) is 0 Å². The monoisotopic (exact) mass is 597 g/mol. The van der Waals surface area contributed by atoms with Gasteiger partial charge < -0.3 is 15.3 Å². The molecule has 39 heavy (non-hydrogen) atoms. The van der Waals surface area contributed by atoms with Gasteiger partial charge in [-0.15, -0.1) is 10.2 Å². The number of carbonyl (C=O) groups is 1. The minimum atomic E-state index is -4.33. The molecule has 0 radical (unpaired) electrons. The summed E-state index contributed by atoms with van der Waals surface area (Å²) in [5.74, 6) is -2.25. The number of fused-ring (bicyclic) bond motifs is 6. The predicted molar refractivity (Wildman–Crippen MR) is 135 cm³/mol. The van der Waals surface area contributed by atoms with E-state index >= 15 is 0 Å². The number of carbonyl (C=O) groups excluding carboxylic acids is 1. The molecular weight excluding hydrogens is 573 g/mol. The van der Waals surface area contributed by atoms with E-state index in [1.807, 2.05) is 0 Å². The Morgan fingerprint density at radius 3 is 2.46 bits per heavy atom. The quantitative estimate of drug-likeness (QED) is 0.435. The summed E-state index contributed by atoms with van der Waals surface area (Å²) in [5, 5.41) is 16.6. The molecule has 2 aromatic rings. The third-order valence-corrected chi connectivity index (χ3v) is 10.2.